The number of ether oxygens (including phenoxy) is 5. The molecule has 0 aliphatic carbocycles. The Morgan fingerprint density at radius 3 is 2.59 bits per heavy atom. The van der Waals surface area contributed by atoms with Crippen molar-refractivity contribution in [3.8, 4) is 5.75 Å². The SMILES string of the molecule is COc1cc2cc(c1Cl)N(C)C(=O)C[C@H](OC(=O)[C@H](C)N(C)C)C1(C)OC1[C@H](C)C1C[C@@](O)(NC(=O)O1)[C@H](OC)/C=C/C=C(\C)C2. The highest BCUT2D eigenvalue weighted by Crippen LogP contribution is 2.49. The first-order chi connectivity index (χ1) is 21.5. The molecule has 8 atom stereocenters. The number of esters is 1. The van der Waals surface area contributed by atoms with Crippen LogP contribution in [-0.4, -0.2) is 105 Å². The van der Waals surface area contributed by atoms with E-state index in [9.17, 15) is 19.5 Å². The zero-order valence-electron chi connectivity index (χ0n) is 28.0. The summed E-state index contributed by atoms with van der Waals surface area (Å²) in [4.78, 5) is 43.0. The number of fused-ring (bicyclic) bond motifs is 5. The normalized spacial score (nSPS) is 34.4. The van der Waals surface area contributed by atoms with Crippen LogP contribution in [0.25, 0.3) is 0 Å². The number of allylic oxidation sites excluding steroid dienone is 3. The van der Waals surface area contributed by atoms with Crippen molar-refractivity contribution in [3.63, 3.8) is 0 Å². The highest BCUT2D eigenvalue weighted by Gasteiger charge is 2.64. The van der Waals surface area contributed by atoms with Crippen LogP contribution in [0.1, 0.15) is 46.1 Å². The Morgan fingerprint density at radius 2 is 1.96 bits per heavy atom. The van der Waals surface area contributed by atoms with Gasteiger partial charge in [-0.25, -0.2) is 4.79 Å². The zero-order valence-corrected chi connectivity index (χ0v) is 28.7. The molecule has 3 unspecified atom stereocenters. The second kappa shape index (κ2) is 13.9. The van der Waals surface area contributed by atoms with Crippen LogP contribution in [0, 0.1) is 5.92 Å². The molecule has 0 saturated carbocycles. The number of anilines is 1. The van der Waals surface area contributed by atoms with E-state index in [0.717, 1.165) is 11.1 Å². The van der Waals surface area contributed by atoms with Crippen molar-refractivity contribution < 1.29 is 43.2 Å². The molecular formula is C33H46ClN3O9. The lowest BCUT2D eigenvalue weighted by molar-refractivity contribution is -0.158. The number of halogens is 1. The summed E-state index contributed by atoms with van der Waals surface area (Å²) in [6, 6.07) is 3.04. The molecule has 2 N–H and O–H groups in total. The lowest BCUT2D eigenvalue weighted by Crippen LogP contribution is -2.63. The number of nitrogens with one attached hydrogen (secondary N) is 1. The third-order valence-corrected chi connectivity index (χ3v) is 9.70. The minimum absolute atomic E-state index is 0.00466. The molecule has 254 valence electrons. The van der Waals surface area contributed by atoms with Gasteiger partial charge >= 0.3 is 12.1 Å². The van der Waals surface area contributed by atoms with E-state index in [1.807, 2.05) is 32.1 Å². The number of carbonyl (C=O) groups is 3. The Bertz CT molecular complexity index is 1400. The number of nitrogens with zero attached hydrogens (tertiary/aromatic N) is 2. The molecule has 1 aromatic carbocycles. The second-order valence-corrected chi connectivity index (χ2v) is 13.2. The van der Waals surface area contributed by atoms with E-state index >= 15 is 0 Å². The van der Waals surface area contributed by atoms with Gasteiger partial charge in [-0.15, -0.1) is 0 Å². The lowest BCUT2D eigenvalue weighted by Gasteiger charge is -2.42. The van der Waals surface area contributed by atoms with Crippen molar-refractivity contribution in [2.45, 2.75) is 88.7 Å². The van der Waals surface area contributed by atoms with Crippen molar-refractivity contribution in [2.24, 2.45) is 5.92 Å². The number of likely N-dealkylation sites (N-methyl/N-ethyl adjacent to an activating group) is 1. The highest BCUT2D eigenvalue weighted by atomic mass is 35.5. The van der Waals surface area contributed by atoms with Crippen LogP contribution in [-0.2, 0) is 35.0 Å². The molecule has 13 heteroatoms. The van der Waals surface area contributed by atoms with Gasteiger partial charge in [0.1, 0.15) is 40.7 Å². The van der Waals surface area contributed by atoms with Gasteiger partial charge in [0.25, 0.3) is 0 Å². The monoisotopic (exact) mass is 663 g/mol. The molecule has 0 aromatic heterocycles. The van der Waals surface area contributed by atoms with Crippen LogP contribution in [0.2, 0.25) is 5.02 Å². The quantitative estimate of drug-likeness (QED) is 0.355. The summed E-state index contributed by atoms with van der Waals surface area (Å²) in [5, 5.41) is 14.4. The van der Waals surface area contributed by atoms with Gasteiger partial charge in [-0.05, 0) is 59.0 Å². The van der Waals surface area contributed by atoms with Crippen LogP contribution >= 0.6 is 11.6 Å². The predicted octanol–water partition coefficient (Wildman–Crippen LogP) is 3.62. The molecule has 4 bridgehead atoms. The molecular weight excluding hydrogens is 618 g/mol. The highest BCUT2D eigenvalue weighted by molar-refractivity contribution is 6.35. The number of epoxide rings is 1. The molecule has 12 nitrogen and oxygen atoms in total. The third kappa shape index (κ3) is 7.36. The number of aliphatic hydroxyl groups is 1. The molecule has 2 saturated heterocycles. The van der Waals surface area contributed by atoms with Gasteiger partial charge in [-0.3, -0.25) is 19.8 Å². The molecule has 4 rings (SSSR count). The zero-order chi connectivity index (χ0) is 34.1. The lowest BCUT2D eigenvalue weighted by atomic mass is 9.83. The van der Waals surface area contributed by atoms with Crippen molar-refractivity contribution in [1.29, 1.82) is 0 Å². The summed E-state index contributed by atoms with van der Waals surface area (Å²) >= 11 is 6.71. The molecule has 46 heavy (non-hydrogen) atoms. The fourth-order valence-electron chi connectivity index (χ4n) is 6.05. The van der Waals surface area contributed by atoms with Crippen LogP contribution in [0.3, 0.4) is 0 Å². The van der Waals surface area contributed by atoms with E-state index < -0.39 is 59.8 Å². The molecule has 2 fully saturated rings. The van der Waals surface area contributed by atoms with Crippen molar-refractivity contribution in [2.75, 3.05) is 40.3 Å². The third-order valence-electron chi connectivity index (χ3n) is 9.32. The fraction of sp³-hybridized carbons (Fsp3) is 0.606. The Labute approximate surface area is 275 Å². The minimum atomic E-state index is -1.78. The average Bonchev–Trinajstić information content (AvgIpc) is 3.69. The number of hydrogen-bond acceptors (Lipinski definition) is 10. The smallest absolute Gasteiger partial charge is 0.409 e. The summed E-state index contributed by atoms with van der Waals surface area (Å²) in [6.07, 6.45) is 1.53. The molecule has 2 amide bonds. The molecule has 1 aromatic rings. The molecule has 3 heterocycles. The van der Waals surface area contributed by atoms with Crippen LogP contribution < -0.4 is 15.0 Å². The standard InChI is InChI=1S/C33H46ClN3O9/c1-18-11-10-12-25(43-9)33(41)17-24(44-31(40)35-33)19(2)29-32(4,46-29)26(45-30(39)20(3)36(5)6)16-27(38)37(7)22-14-21(13-18)15-23(42-8)28(22)34/h10-12,14-15,19-20,24-26,29,41H,13,16-17H2,1-9H3,(H,35,40)/b12-10+,18-11+/t19-,20+,24?,25-,26+,29?,32?,33+/m1/s1. The number of carbonyl (C=O) groups excluding carboxylic acids is 3. The maximum Gasteiger partial charge on any atom is 0.409 e. The van der Waals surface area contributed by atoms with Gasteiger partial charge < -0.3 is 33.7 Å². The minimum Gasteiger partial charge on any atom is -0.495 e. The van der Waals surface area contributed by atoms with Gasteiger partial charge in [0.05, 0.1) is 25.3 Å². The Hall–Kier alpha value is -3.16. The fourth-order valence-corrected chi connectivity index (χ4v) is 6.37. The van der Waals surface area contributed by atoms with Gasteiger partial charge in [-0.1, -0.05) is 42.3 Å². The van der Waals surface area contributed by atoms with Crippen LogP contribution in [0.4, 0.5) is 10.5 Å². The van der Waals surface area contributed by atoms with Crippen molar-refractivity contribution in [1.82, 2.24) is 10.2 Å². The number of benzene rings is 1. The number of methoxy groups -OCH3 is 2. The summed E-state index contributed by atoms with van der Waals surface area (Å²) < 4.78 is 29.0. The van der Waals surface area contributed by atoms with Gasteiger partial charge in [0, 0.05) is 26.5 Å². The van der Waals surface area contributed by atoms with Gasteiger partial charge in [0.15, 0.2) is 5.72 Å². The van der Waals surface area contributed by atoms with E-state index in [4.69, 9.17) is 35.3 Å². The first-order valence-electron chi connectivity index (χ1n) is 15.3. The van der Waals surface area contributed by atoms with Gasteiger partial charge in [-0.2, -0.15) is 0 Å². The summed E-state index contributed by atoms with van der Waals surface area (Å²) in [5.74, 6) is -0.933. The van der Waals surface area contributed by atoms with E-state index in [0.29, 0.717) is 17.9 Å². The second-order valence-electron chi connectivity index (χ2n) is 12.9. The number of rotatable bonds is 5. The van der Waals surface area contributed by atoms with Crippen molar-refractivity contribution in [3.05, 3.63) is 46.5 Å². The maximum atomic E-state index is 13.9. The predicted molar refractivity (Wildman–Crippen MR) is 172 cm³/mol. The first-order valence-corrected chi connectivity index (χ1v) is 15.7. The molecule has 0 radical (unpaired) electrons. The summed E-state index contributed by atoms with van der Waals surface area (Å²) in [7, 11) is 8.07. The van der Waals surface area contributed by atoms with E-state index in [1.165, 1.54) is 19.1 Å². The summed E-state index contributed by atoms with van der Waals surface area (Å²) in [6.45, 7) is 7.25. The van der Waals surface area contributed by atoms with Gasteiger partial charge in [0.2, 0.25) is 5.91 Å². The van der Waals surface area contributed by atoms with E-state index in [1.54, 1.807) is 52.0 Å². The Morgan fingerprint density at radius 1 is 1.26 bits per heavy atom. The van der Waals surface area contributed by atoms with Crippen molar-refractivity contribution >= 4 is 35.3 Å². The summed E-state index contributed by atoms with van der Waals surface area (Å²) in [5.41, 5.74) is -0.642. The number of alkyl carbamates (subject to hydrolysis) is 1. The van der Waals surface area contributed by atoms with E-state index in [2.05, 4.69) is 5.32 Å². The topological polar surface area (TPSA) is 139 Å². The Balaban J connectivity index is 1.80. The number of amides is 2. The first kappa shape index (κ1) is 35.7. The van der Waals surface area contributed by atoms with E-state index in [-0.39, 0.29) is 23.8 Å². The largest absolute Gasteiger partial charge is 0.495 e. The molecule has 3 aliphatic rings. The maximum absolute atomic E-state index is 13.9. The molecule has 0 spiro atoms. The molecule has 3 aliphatic heterocycles. The van der Waals surface area contributed by atoms with Crippen LogP contribution in [0.5, 0.6) is 5.75 Å². The number of hydrogen-bond donors (Lipinski definition) is 2. The Kier molecular flexibility index (Phi) is 10.8. The average molecular weight is 664 g/mol. The van der Waals surface area contributed by atoms with Crippen LogP contribution in [0.15, 0.2) is 35.9 Å².